The standard InChI is InChI=1S/C9H18NO/c1-2-3-4-5-10-6-8-11-9-7-10/h6H,2-5,7-9H2,1H3. The van der Waals surface area contributed by atoms with E-state index in [2.05, 4.69) is 18.4 Å². The van der Waals surface area contributed by atoms with E-state index in [1.165, 1.54) is 25.8 Å². The average Bonchev–Trinajstić information content (AvgIpc) is 2.07. The Bertz CT molecular complexity index is 89.6. The van der Waals surface area contributed by atoms with Crippen molar-refractivity contribution in [3.8, 4) is 0 Å². The van der Waals surface area contributed by atoms with Gasteiger partial charge in [0.15, 0.2) is 0 Å². The average molecular weight is 156 g/mol. The number of unbranched alkanes of at least 4 members (excludes halogenated alkanes) is 2. The van der Waals surface area contributed by atoms with E-state index >= 15 is 0 Å². The molecule has 2 nitrogen and oxygen atoms in total. The summed E-state index contributed by atoms with van der Waals surface area (Å²) in [7, 11) is 0. The van der Waals surface area contributed by atoms with Crippen molar-refractivity contribution in [2.45, 2.75) is 26.2 Å². The number of ether oxygens (including phenoxy) is 1. The van der Waals surface area contributed by atoms with Gasteiger partial charge in [-0.1, -0.05) is 19.8 Å². The van der Waals surface area contributed by atoms with Crippen LogP contribution < -0.4 is 0 Å². The monoisotopic (exact) mass is 156 g/mol. The fraction of sp³-hybridized carbons (Fsp3) is 0.889. The molecular formula is C9H18NO. The highest BCUT2D eigenvalue weighted by atomic mass is 16.5. The predicted octanol–water partition coefficient (Wildman–Crippen LogP) is 1.67. The molecule has 1 radical (unpaired) electrons. The maximum Gasteiger partial charge on any atom is 0.0638 e. The van der Waals surface area contributed by atoms with Crippen LogP contribution >= 0.6 is 0 Å². The van der Waals surface area contributed by atoms with Crippen LogP contribution in [0.15, 0.2) is 0 Å². The summed E-state index contributed by atoms with van der Waals surface area (Å²) in [5.41, 5.74) is 0. The van der Waals surface area contributed by atoms with Gasteiger partial charge in [-0.2, -0.15) is 0 Å². The lowest BCUT2D eigenvalue weighted by Crippen LogP contribution is -2.32. The molecule has 0 amide bonds. The first kappa shape index (κ1) is 9.01. The zero-order chi connectivity index (χ0) is 7.94. The molecular weight excluding hydrogens is 138 g/mol. The lowest BCUT2D eigenvalue weighted by molar-refractivity contribution is 0.0672. The van der Waals surface area contributed by atoms with E-state index in [1.54, 1.807) is 0 Å². The minimum Gasteiger partial charge on any atom is -0.378 e. The van der Waals surface area contributed by atoms with Gasteiger partial charge < -0.3 is 4.74 Å². The number of rotatable bonds is 4. The topological polar surface area (TPSA) is 12.5 Å². The van der Waals surface area contributed by atoms with Crippen LogP contribution in [0.5, 0.6) is 0 Å². The summed E-state index contributed by atoms with van der Waals surface area (Å²) in [6, 6.07) is 0. The third kappa shape index (κ3) is 3.73. The second-order valence-corrected chi connectivity index (χ2v) is 3.00. The minimum absolute atomic E-state index is 0.812. The van der Waals surface area contributed by atoms with Gasteiger partial charge in [-0.3, -0.25) is 4.90 Å². The lowest BCUT2D eigenvalue weighted by Gasteiger charge is -2.25. The quantitative estimate of drug-likeness (QED) is 0.574. The van der Waals surface area contributed by atoms with E-state index in [0.29, 0.717) is 0 Å². The van der Waals surface area contributed by atoms with Crippen LogP contribution in [-0.4, -0.2) is 31.2 Å². The minimum atomic E-state index is 0.812. The number of morpholine rings is 1. The lowest BCUT2D eigenvalue weighted by atomic mass is 10.2. The first-order valence-corrected chi connectivity index (χ1v) is 4.58. The van der Waals surface area contributed by atoms with Gasteiger partial charge in [0.25, 0.3) is 0 Å². The van der Waals surface area contributed by atoms with E-state index in [9.17, 15) is 0 Å². The van der Waals surface area contributed by atoms with Crippen molar-refractivity contribution in [2.75, 3.05) is 26.3 Å². The molecule has 1 heterocycles. The molecule has 0 spiro atoms. The predicted molar refractivity (Wildman–Crippen MR) is 46.2 cm³/mol. The summed E-state index contributed by atoms with van der Waals surface area (Å²) in [6.45, 7) is 8.43. The molecule has 65 valence electrons. The highest BCUT2D eigenvalue weighted by molar-refractivity contribution is 4.71. The van der Waals surface area contributed by atoms with Crippen LogP contribution in [0, 0.1) is 6.54 Å². The van der Waals surface area contributed by atoms with Crippen molar-refractivity contribution in [1.29, 1.82) is 0 Å². The normalized spacial score (nSPS) is 20.5. The van der Waals surface area contributed by atoms with Crippen molar-refractivity contribution in [2.24, 2.45) is 0 Å². The van der Waals surface area contributed by atoms with Crippen LogP contribution in [0.3, 0.4) is 0 Å². The molecule has 1 fully saturated rings. The molecule has 0 aliphatic carbocycles. The van der Waals surface area contributed by atoms with Gasteiger partial charge in [-0.05, 0) is 13.0 Å². The Balaban J connectivity index is 1.96. The van der Waals surface area contributed by atoms with Gasteiger partial charge in [-0.25, -0.2) is 0 Å². The van der Waals surface area contributed by atoms with Crippen molar-refractivity contribution < 1.29 is 4.74 Å². The molecule has 11 heavy (non-hydrogen) atoms. The fourth-order valence-corrected chi connectivity index (χ4v) is 1.28. The van der Waals surface area contributed by atoms with Crippen LogP contribution in [0.25, 0.3) is 0 Å². The van der Waals surface area contributed by atoms with E-state index in [4.69, 9.17) is 4.74 Å². The van der Waals surface area contributed by atoms with Gasteiger partial charge in [0.1, 0.15) is 0 Å². The summed E-state index contributed by atoms with van der Waals surface area (Å²) < 4.78 is 5.21. The van der Waals surface area contributed by atoms with Crippen LogP contribution in [0.4, 0.5) is 0 Å². The zero-order valence-corrected chi connectivity index (χ0v) is 7.38. The fourth-order valence-electron chi connectivity index (χ4n) is 1.28. The number of nitrogens with zero attached hydrogens (tertiary/aromatic N) is 1. The molecule has 0 aromatic carbocycles. The number of hydrogen-bond donors (Lipinski definition) is 0. The Morgan fingerprint density at radius 1 is 1.45 bits per heavy atom. The molecule has 0 aromatic rings. The van der Waals surface area contributed by atoms with Crippen molar-refractivity contribution in [3.63, 3.8) is 0 Å². The Morgan fingerprint density at radius 2 is 2.36 bits per heavy atom. The first-order chi connectivity index (χ1) is 5.43. The van der Waals surface area contributed by atoms with Crippen LogP contribution in [-0.2, 0) is 4.74 Å². The highest BCUT2D eigenvalue weighted by Crippen LogP contribution is 2.04. The van der Waals surface area contributed by atoms with Gasteiger partial charge in [-0.15, -0.1) is 0 Å². The molecule has 1 rings (SSSR count). The maximum absolute atomic E-state index is 5.21. The Morgan fingerprint density at radius 3 is 3.00 bits per heavy atom. The summed E-state index contributed by atoms with van der Waals surface area (Å²) in [5, 5.41) is 0. The summed E-state index contributed by atoms with van der Waals surface area (Å²) in [6.07, 6.45) is 3.99. The third-order valence-electron chi connectivity index (χ3n) is 2.02. The summed E-state index contributed by atoms with van der Waals surface area (Å²) in [4.78, 5) is 2.37. The van der Waals surface area contributed by atoms with E-state index in [1.807, 2.05) is 0 Å². The molecule has 0 unspecified atom stereocenters. The van der Waals surface area contributed by atoms with E-state index in [-0.39, 0.29) is 0 Å². The molecule has 2 heteroatoms. The Labute approximate surface area is 69.5 Å². The third-order valence-corrected chi connectivity index (χ3v) is 2.02. The second kappa shape index (κ2) is 5.56. The van der Waals surface area contributed by atoms with Gasteiger partial charge >= 0.3 is 0 Å². The van der Waals surface area contributed by atoms with E-state index < -0.39 is 0 Å². The summed E-state index contributed by atoms with van der Waals surface area (Å²) >= 11 is 0. The van der Waals surface area contributed by atoms with Crippen molar-refractivity contribution >= 4 is 0 Å². The van der Waals surface area contributed by atoms with Crippen molar-refractivity contribution in [3.05, 3.63) is 6.54 Å². The molecule has 1 aliphatic heterocycles. The molecule has 1 aliphatic rings. The van der Waals surface area contributed by atoms with Crippen molar-refractivity contribution in [1.82, 2.24) is 4.90 Å². The maximum atomic E-state index is 5.21. The largest absolute Gasteiger partial charge is 0.378 e. The van der Waals surface area contributed by atoms with Gasteiger partial charge in [0, 0.05) is 6.54 Å². The number of hydrogen-bond acceptors (Lipinski definition) is 2. The Hall–Kier alpha value is -0.0800. The van der Waals surface area contributed by atoms with Gasteiger partial charge in [0.05, 0.1) is 19.8 Å². The summed E-state index contributed by atoms with van der Waals surface area (Å²) in [5.74, 6) is 0. The van der Waals surface area contributed by atoms with E-state index in [0.717, 1.165) is 19.8 Å². The second-order valence-electron chi connectivity index (χ2n) is 3.00. The smallest absolute Gasteiger partial charge is 0.0638 e. The molecule has 0 aromatic heterocycles. The van der Waals surface area contributed by atoms with Gasteiger partial charge in [0.2, 0.25) is 0 Å². The Kier molecular flexibility index (Phi) is 4.55. The van der Waals surface area contributed by atoms with Crippen LogP contribution in [0.1, 0.15) is 26.2 Å². The molecule has 0 atom stereocenters. The highest BCUT2D eigenvalue weighted by Gasteiger charge is 2.08. The van der Waals surface area contributed by atoms with Crippen LogP contribution in [0.2, 0.25) is 0 Å². The molecule has 1 saturated heterocycles. The molecule has 0 N–H and O–H groups in total. The first-order valence-electron chi connectivity index (χ1n) is 4.58. The molecule has 0 saturated carbocycles. The SMILES string of the molecule is CCCCCN1[CH]COCC1. The zero-order valence-electron chi connectivity index (χ0n) is 7.38. The molecule has 0 bridgehead atoms.